The Morgan fingerprint density at radius 2 is 1.84 bits per heavy atom. The molecule has 1 heterocycles. The summed E-state index contributed by atoms with van der Waals surface area (Å²) in [5.41, 5.74) is 2.48. The molecule has 0 saturated carbocycles. The van der Waals surface area contributed by atoms with Gasteiger partial charge < -0.3 is 19.5 Å². The first-order valence-corrected chi connectivity index (χ1v) is 11.0. The molecule has 0 spiro atoms. The Bertz CT molecular complexity index is 994. The molecular weight excluding hydrogens is 406 g/mol. The van der Waals surface area contributed by atoms with Crippen LogP contribution >= 0.6 is 0 Å². The van der Waals surface area contributed by atoms with Crippen molar-refractivity contribution in [2.24, 2.45) is 0 Å². The number of nitrogens with zero attached hydrogens (tertiary/aromatic N) is 1. The summed E-state index contributed by atoms with van der Waals surface area (Å²) in [6.07, 6.45) is 1.44. The second kappa shape index (κ2) is 10.5. The van der Waals surface area contributed by atoms with Gasteiger partial charge in [-0.25, -0.2) is 0 Å². The molecule has 6 heteroatoms. The largest absolute Gasteiger partial charge is 0.507 e. The lowest BCUT2D eigenvalue weighted by molar-refractivity contribution is -0.140. The number of rotatable bonds is 9. The number of hydrogen-bond donors (Lipinski definition) is 1. The van der Waals surface area contributed by atoms with E-state index < -0.39 is 17.7 Å². The fraction of sp³-hybridized carbons (Fsp3) is 0.385. The molecule has 170 valence electrons. The van der Waals surface area contributed by atoms with E-state index in [0.717, 1.165) is 17.5 Å². The normalized spacial score (nSPS) is 17.9. The molecule has 1 aliphatic rings. The molecule has 1 unspecified atom stereocenters. The number of aryl methyl sites for hydroxylation is 1. The third-order valence-electron chi connectivity index (χ3n) is 5.47. The first-order valence-electron chi connectivity index (χ1n) is 11.0. The highest BCUT2D eigenvalue weighted by Crippen LogP contribution is 2.40. The van der Waals surface area contributed by atoms with Gasteiger partial charge in [0.2, 0.25) is 0 Å². The van der Waals surface area contributed by atoms with E-state index in [1.807, 2.05) is 38.1 Å². The van der Waals surface area contributed by atoms with Crippen LogP contribution in [-0.4, -0.2) is 48.1 Å². The van der Waals surface area contributed by atoms with Crippen LogP contribution in [0.4, 0.5) is 0 Å². The summed E-state index contributed by atoms with van der Waals surface area (Å²) in [5, 5.41) is 11.2. The van der Waals surface area contributed by atoms with Crippen LogP contribution < -0.4 is 4.74 Å². The molecule has 1 N–H and O–H groups in total. The van der Waals surface area contributed by atoms with Gasteiger partial charge in [-0.1, -0.05) is 43.3 Å². The Kier molecular flexibility index (Phi) is 7.70. The highest BCUT2D eigenvalue weighted by molar-refractivity contribution is 6.46. The Morgan fingerprint density at radius 3 is 2.47 bits per heavy atom. The summed E-state index contributed by atoms with van der Waals surface area (Å²) >= 11 is 0. The number of benzene rings is 2. The van der Waals surface area contributed by atoms with E-state index in [0.29, 0.717) is 30.9 Å². The summed E-state index contributed by atoms with van der Waals surface area (Å²) in [6.45, 7) is 6.72. The number of carbonyl (C=O) groups is 2. The van der Waals surface area contributed by atoms with E-state index in [1.165, 1.54) is 4.90 Å². The van der Waals surface area contributed by atoms with Crippen LogP contribution in [0, 0.1) is 0 Å². The highest BCUT2D eigenvalue weighted by atomic mass is 16.5. The SMILES string of the molecule is CCc1ccc(C2/C(=C(/O)c3cccc(OC(C)C)c3)C(=O)C(=O)N2CCCOC)cc1. The number of hydrogen-bond acceptors (Lipinski definition) is 5. The van der Waals surface area contributed by atoms with Crippen molar-refractivity contribution in [3.05, 3.63) is 70.8 Å². The predicted octanol–water partition coefficient (Wildman–Crippen LogP) is 4.49. The van der Waals surface area contributed by atoms with E-state index >= 15 is 0 Å². The zero-order valence-electron chi connectivity index (χ0n) is 19.1. The minimum absolute atomic E-state index is 0.0316. The van der Waals surface area contributed by atoms with Crippen LogP contribution in [0.15, 0.2) is 54.1 Å². The van der Waals surface area contributed by atoms with Gasteiger partial charge in [-0.15, -0.1) is 0 Å². The molecule has 2 aromatic carbocycles. The number of aliphatic hydroxyl groups excluding tert-OH is 1. The molecule has 0 aliphatic carbocycles. The summed E-state index contributed by atoms with van der Waals surface area (Å²) in [6, 6.07) is 14.1. The monoisotopic (exact) mass is 437 g/mol. The van der Waals surface area contributed by atoms with Gasteiger partial charge in [0.1, 0.15) is 11.5 Å². The van der Waals surface area contributed by atoms with Gasteiger partial charge in [0.15, 0.2) is 0 Å². The van der Waals surface area contributed by atoms with Crippen LogP contribution in [0.2, 0.25) is 0 Å². The fourth-order valence-electron chi connectivity index (χ4n) is 3.92. The van der Waals surface area contributed by atoms with Crippen molar-refractivity contribution < 1.29 is 24.2 Å². The zero-order chi connectivity index (χ0) is 23.3. The molecule has 1 fully saturated rings. The first-order chi connectivity index (χ1) is 15.4. The first kappa shape index (κ1) is 23.5. The van der Waals surface area contributed by atoms with Crippen molar-refractivity contribution in [3.8, 4) is 5.75 Å². The van der Waals surface area contributed by atoms with E-state index in [4.69, 9.17) is 9.47 Å². The number of carbonyl (C=O) groups excluding carboxylic acids is 2. The number of aliphatic hydroxyl groups is 1. The van der Waals surface area contributed by atoms with Crippen LogP contribution in [0.5, 0.6) is 5.75 Å². The number of Topliss-reactive ketones (excluding diaryl/α,β-unsaturated/α-hetero) is 1. The summed E-state index contributed by atoms with van der Waals surface area (Å²) < 4.78 is 10.9. The standard InChI is InChI=1S/C26H31NO5/c1-5-18-10-12-19(13-11-18)23-22(25(29)26(30)27(23)14-7-15-31-4)24(28)20-8-6-9-21(16-20)32-17(2)3/h6,8-13,16-17,23,28H,5,7,14-15H2,1-4H3/b24-22-. The lowest BCUT2D eigenvalue weighted by Gasteiger charge is -2.25. The molecule has 3 rings (SSSR count). The second-order valence-corrected chi connectivity index (χ2v) is 8.13. The van der Waals surface area contributed by atoms with Gasteiger partial charge in [0, 0.05) is 25.8 Å². The third kappa shape index (κ3) is 5.02. The average Bonchev–Trinajstić information content (AvgIpc) is 3.03. The topological polar surface area (TPSA) is 76.1 Å². The quantitative estimate of drug-likeness (QED) is 0.271. The van der Waals surface area contributed by atoms with Gasteiger partial charge in [-0.2, -0.15) is 0 Å². The number of ether oxygens (including phenoxy) is 2. The lowest BCUT2D eigenvalue weighted by Crippen LogP contribution is -2.31. The number of amides is 1. The van der Waals surface area contributed by atoms with E-state index in [2.05, 4.69) is 6.92 Å². The number of likely N-dealkylation sites (tertiary alicyclic amines) is 1. The lowest BCUT2D eigenvalue weighted by atomic mass is 9.94. The number of ketones is 1. The summed E-state index contributed by atoms with van der Waals surface area (Å²) in [4.78, 5) is 27.5. The minimum Gasteiger partial charge on any atom is -0.507 e. The van der Waals surface area contributed by atoms with Crippen LogP contribution in [0.3, 0.4) is 0 Å². The highest BCUT2D eigenvalue weighted by Gasteiger charge is 2.45. The van der Waals surface area contributed by atoms with Crippen molar-refractivity contribution in [1.82, 2.24) is 4.90 Å². The second-order valence-electron chi connectivity index (χ2n) is 8.13. The van der Waals surface area contributed by atoms with Crippen LogP contribution in [0.25, 0.3) is 5.76 Å². The number of methoxy groups -OCH3 is 1. The maximum absolute atomic E-state index is 13.1. The molecule has 6 nitrogen and oxygen atoms in total. The molecule has 1 aliphatic heterocycles. The van der Waals surface area contributed by atoms with Gasteiger partial charge in [0.25, 0.3) is 11.7 Å². The van der Waals surface area contributed by atoms with E-state index in [9.17, 15) is 14.7 Å². The smallest absolute Gasteiger partial charge is 0.295 e. The molecule has 2 aromatic rings. The van der Waals surface area contributed by atoms with Crippen molar-refractivity contribution in [3.63, 3.8) is 0 Å². The predicted molar refractivity (Wildman–Crippen MR) is 124 cm³/mol. The maximum Gasteiger partial charge on any atom is 0.295 e. The van der Waals surface area contributed by atoms with Crippen molar-refractivity contribution in [1.29, 1.82) is 0 Å². The Labute approximate surface area is 189 Å². The average molecular weight is 438 g/mol. The fourth-order valence-corrected chi connectivity index (χ4v) is 3.92. The molecule has 32 heavy (non-hydrogen) atoms. The molecule has 1 atom stereocenters. The van der Waals surface area contributed by atoms with Crippen molar-refractivity contribution in [2.45, 2.75) is 45.8 Å². The van der Waals surface area contributed by atoms with E-state index in [-0.39, 0.29) is 17.4 Å². The van der Waals surface area contributed by atoms with Gasteiger partial charge in [0.05, 0.1) is 17.7 Å². The van der Waals surface area contributed by atoms with Crippen LogP contribution in [0.1, 0.15) is 49.9 Å². The molecule has 1 saturated heterocycles. The molecule has 0 bridgehead atoms. The minimum atomic E-state index is -0.681. The van der Waals surface area contributed by atoms with Crippen molar-refractivity contribution in [2.75, 3.05) is 20.3 Å². The third-order valence-corrected chi connectivity index (χ3v) is 5.47. The zero-order valence-corrected chi connectivity index (χ0v) is 19.1. The van der Waals surface area contributed by atoms with Gasteiger partial charge >= 0.3 is 0 Å². The Hall–Kier alpha value is -3.12. The summed E-state index contributed by atoms with van der Waals surface area (Å²) in [5.74, 6) is -0.903. The van der Waals surface area contributed by atoms with Gasteiger partial charge in [-0.05, 0) is 49.9 Å². The molecule has 0 radical (unpaired) electrons. The molecular formula is C26H31NO5. The Morgan fingerprint density at radius 1 is 1.12 bits per heavy atom. The summed E-state index contributed by atoms with van der Waals surface area (Å²) in [7, 11) is 1.60. The van der Waals surface area contributed by atoms with Gasteiger partial charge in [-0.3, -0.25) is 9.59 Å². The van der Waals surface area contributed by atoms with Crippen LogP contribution in [-0.2, 0) is 20.7 Å². The van der Waals surface area contributed by atoms with Crippen molar-refractivity contribution >= 4 is 17.4 Å². The van der Waals surface area contributed by atoms with E-state index in [1.54, 1.807) is 31.4 Å². The molecule has 1 amide bonds. The molecule has 0 aromatic heterocycles. The Balaban J connectivity index is 2.09. The maximum atomic E-state index is 13.1.